The molecule has 0 aliphatic rings. The molecule has 0 saturated carbocycles. The van der Waals surface area contributed by atoms with E-state index in [2.05, 4.69) is 6.92 Å². The first-order valence-electron chi connectivity index (χ1n) is 5.51. The number of rotatable bonds is 8. The number of carbonyl (C=O) groups excluding carboxylic acids is 1. The van der Waals surface area contributed by atoms with Crippen molar-refractivity contribution in [3.63, 3.8) is 0 Å². The molecule has 0 radical (unpaired) electrons. The van der Waals surface area contributed by atoms with Crippen molar-refractivity contribution in [1.29, 1.82) is 0 Å². The zero-order valence-electron chi connectivity index (χ0n) is 13.5. The van der Waals surface area contributed by atoms with Gasteiger partial charge >= 0.3 is 82.2 Å². The van der Waals surface area contributed by atoms with Crippen LogP contribution in [0, 0.1) is 0 Å². The Hall–Kier alpha value is 1.17. The summed E-state index contributed by atoms with van der Waals surface area (Å²) in [7, 11) is 0. The van der Waals surface area contributed by atoms with Crippen LogP contribution in [0.2, 0.25) is 0 Å². The van der Waals surface area contributed by atoms with E-state index >= 15 is 0 Å². The van der Waals surface area contributed by atoms with Crippen molar-refractivity contribution in [2.75, 3.05) is 0 Å². The minimum atomic E-state index is -1.14. The topological polar surface area (TPSA) is 63.6 Å². The van der Waals surface area contributed by atoms with Crippen LogP contribution in [-0.2, 0) is 14.3 Å². The van der Waals surface area contributed by atoms with Gasteiger partial charge in [-0.25, -0.2) is 0 Å². The van der Waals surface area contributed by atoms with Gasteiger partial charge < -0.3 is 12.7 Å². The molecule has 0 fully saturated rings. The fraction of sp³-hybridized carbons (Fsp3) is 0.818. The molecule has 0 bridgehead atoms. The molecule has 1 atom stereocenters. The molecule has 0 aromatic rings. The fourth-order valence-electron chi connectivity index (χ4n) is 1.32. The fourth-order valence-corrected chi connectivity index (χ4v) is 1.32. The van der Waals surface area contributed by atoms with Gasteiger partial charge in [0.1, 0.15) is 12.5 Å². The van der Waals surface area contributed by atoms with Crippen molar-refractivity contribution in [2.24, 2.45) is 0 Å². The average Bonchev–Trinajstić information content (AvgIpc) is 2.15. The van der Waals surface area contributed by atoms with E-state index in [0.717, 1.165) is 32.1 Å². The molecule has 0 aliphatic carbocycles. The standard InChI is InChI=1S/C11H20O4.K.Li.2H/c1-3-5-6-7-9(4-2)15-11(14)8-10(12)13;;;;/h9H,3-8H2,1-2H3,(H,12,13);;;;/q;2*+1;2*-1. The Kier molecular flexibility index (Phi) is 20.9. The molecule has 1 unspecified atom stereocenters. The number of carboxylic acids is 1. The molecule has 17 heavy (non-hydrogen) atoms. The van der Waals surface area contributed by atoms with Gasteiger partial charge in [0.2, 0.25) is 0 Å². The maximum Gasteiger partial charge on any atom is 1.00 e. The molecule has 0 aromatic heterocycles. The molecule has 1 N–H and O–H groups in total. The molecule has 0 heterocycles. The zero-order chi connectivity index (χ0) is 11.7. The predicted molar refractivity (Wildman–Crippen MR) is 58.8 cm³/mol. The van der Waals surface area contributed by atoms with Crippen LogP contribution in [0.3, 0.4) is 0 Å². The van der Waals surface area contributed by atoms with Gasteiger partial charge in [0.05, 0.1) is 0 Å². The van der Waals surface area contributed by atoms with Crippen molar-refractivity contribution in [3.05, 3.63) is 0 Å². The Labute approximate surface area is 161 Å². The maximum atomic E-state index is 11.1. The number of hydrogen-bond acceptors (Lipinski definition) is 3. The van der Waals surface area contributed by atoms with Crippen molar-refractivity contribution in [3.8, 4) is 0 Å². The molecule has 0 saturated heterocycles. The summed E-state index contributed by atoms with van der Waals surface area (Å²) in [5.74, 6) is -1.77. The molecular formula is C11H22KLiO4. The molecule has 0 rings (SSSR count). The summed E-state index contributed by atoms with van der Waals surface area (Å²) in [5, 5.41) is 8.38. The average molecular weight is 264 g/mol. The van der Waals surface area contributed by atoms with Gasteiger partial charge in [-0.15, -0.1) is 0 Å². The smallest absolute Gasteiger partial charge is 1.00 e. The third-order valence-electron chi connectivity index (χ3n) is 2.18. The van der Waals surface area contributed by atoms with Gasteiger partial charge in [-0.1, -0.05) is 26.7 Å². The van der Waals surface area contributed by atoms with Crippen LogP contribution in [0.4, 0.5) is 0 Å². The van der Waals surface area contributed by atoms with Crippen molar-refractivity contribution < 1.29 is 92.5 Å². The molecule has 0 aromatic carbocycles. The van der Waals surface area contributed by atoms with Gasteiger partial charge in [0.25, 0.3) is 0 Å². The Balaban J connectivity index is -0.000000163. The quantitative estimate of drug-likeness (QED) is 0.215. The Morgan fingerprint density at radius 2 is 1.88 bits per heavy atom. The van der Waals surface area contributed by atoms with E-state index in [0.29, 0.717) is 0 Å². The number of hydrogen-bond donors (Lipinski definition) is 1. The number of esters is 1. The van der Waals surface area contributed by atoms with E-state index < -0.39 is 18.4 Å². The van der Waals surface area contributed by atoms with E-state index in [1.165, 1.54) is 0 Å². The van der Waals surface area contributed by atoms with Crippen LogP contribution in [-0.4, -0.2) is 23.1 Å². The monoisotopic (exact) mass is 264 g/mol. The number of ether oxygens (including phenoxy) is 1. The van der Waals surface area contributed by atoms with Gasteiger partial charge in [0.15, 0.2) is 0 Å². The van der Waals surface area contributed by atoms with Gasteiger partial charge in [-0.2, -0.15) is 0 Å². The van der Waals surface area contributed by atoms with Gasteiger partial charge in [-0.05, 0) is 19.3 Å². The van der Waals surface area contributed by atoms with Crippen LogP contribution in [0.25, 0.3) is 0 Å². The Morgan fingerprint density at radius 1 is 1.29 bits per heavy atom. The first-order chi connectivity index (χ1) is 7.10. The van der Waals surface area contributed by atoms with Crippen LogP contribution >= 0.6 is 0 Å². The Bertz CT molecular complexity index is 221. The zero-order valence-corrected chi connectivity index (χ0v) is 14.6. The number of carboxylic acid groups (broad SMARTS) is 1. The normalized spacial score (nSPS) is 10.7. The second kappa shape index (κ2) is 15.2. The van der Waals surface area contributed by atoms with E-state index in [4.69, 9.17) is 9.84 Å². The summed E-state index contributed by atoms with van der Waals surface area (Å²) in [5.41, 5.74) is 0. The summed E-state index contributed by atoms with van der Waals surface area (Å²) >= 11 is 0. The summed E-state index contributed by atoms with van der Waals surface area (Å²) in [6.45, 7) is 4.04. The first kappa shape index (κ1) is 23.3. The maximum absolute atomic E-state index is 11.1. The largest absolute Gasteiger partial charge is 1.00 e. The van der Waals surface area contributed by atoms with Crippen LogP contribution in [0.1, 0.15) is 55.2 Å². The molecule has 92 valence electrons. The number of carbonyl (C=O) groups is 2. The summed E-state index contributed by atoms with van der Waals surface area (Å²) in [6.07, 6.45) is 4.18. The van der Waals surface area contributed by atoms with Crippen molar-refractivity contribution >= 4 is 11.9 Å². The second-order valence-corrected chi connectivity index (χ2v) is 3.59. The van der Waals surface area contributed by atoms with Crippen LogP contribution < -0.4 is 70.2 Å². The summed E-state index contributed by atoms with van der Waals surface area (Å²) in [4.78, 5) is 21.3. The SMILES string of the molecule is CCCCCC(CC)OC(=O)CC(=O)O.[H-].[H-].[K+].[Li+]. The second-order valence-electron chi connectivity index (χ2n) is 3.59. The van der Waals surface area contributed by atoms with E-state index in [1.807, 2.05) is 6.92 Å². The summed E-state index contributed by atoms with van der Waals surface area (Å²) in [6, 6.07) is 0. The number of unbranched alkanes of at least 4 members (excludes halogenated alkanes) is 2. The molecule has 6 heteroatoms. The minimum Gasteiger partial charge on any atom is -1.00 e. The van der Waals surface area contributed by atoms with Gasteiger partial charge in [0, 0.05) is 0 Å². The van der Waals surface area contributed by atoms with E-state index in [-0.39, 0.29) is 79.2 Å². The first-order valence-corrected chi connectivity index (χ1v) is 5.51. The third-order valence-corrected chi connectivity index (χ3v) is 2.18. The molecule has 0 amide bonds. The van der Waals surface area contributed by atoms with Crippen molar-refractivity contribution in [2.45, 2.75) is 58.5 Å². The minimum absolute atomic E-state index is 0. The predicted octanol–water partition coefficient (Wildman–Crippen LogP) is -3.40. The van der Waals surface area contributed by atoms with E-state index in [9.17, 15) is 9.59 Å². The van der Waals surface area contributed by atoms with Crippen LogP contribution in [0.5, 0.6) is 0 Å². The Morgan fingerprint density at radius 3 is 2.29 bits per heavy atom. The molecule has 0 aliphatic heterocycles. The molecule has 0 spiro atoms. The molecule has 4 nitrogen and oxygen atoms in total. The third kappa shape index (κ3) is 15.1. The van der Waals surface area contributed by atoms with Crippen molar-refractivity contribution in [1.82, 2.24) is 0 Å². The molecular weight excluding hydrogens is 242 g/mol. The number of aliphatic carboxylic acids is 1. The van der Waals surface area contributed by atoms with Crippen LogP contribution in [0.15, 0.2) is 0 Å². The summed E-state index contributed by atoms with van der Waals surface area (Å²) < 4.78 is 5.04. The van der Waals surface area contributed by atoms with Gasteiger partial charge in [-0.3, -0.25) is 9.59 Å². The van der Waals surface area contributed by atoms with E-state index in [1.54, 1.807) is 0 Å².